The Morgan fingerprint density at radius 2 is 2.04 bits per heavy atom. The summed E-state index contributed by atoms with van der Waals surface area (Å²) in [6.07, 6.45) is 0. The molecule has 1 saturated heterocycles. The van der Waals surface area contributed by atoms with Gasteiger partial charge in [-0.1, -0.05) is 19.1 Å². The van der Waals surface area contributed by atoms with E-state index in [-0.39, 0.29) is 29.3 Å². The van der Waals surface area contributed by atoms with Crippen molar-refractivity contribution in [3.8, 4) is 0 Å². The maximum atomic E-state index is 11.9. The fraction of sp³-hybridized carbons (Fsp3) is 0.500. The van der Waals surface area contributed by atoms with E-state index in [1.165, 1.54) is 12.1 Å². The molecule has 1 atom stereocenters. The Morgan fingerprint density at radius 3 is 2.61 bits per heavy atom. The van der Waals surface area contributed by atoms with Crippen LogP contribution in [-0.2, 0) is 26.1 Å². The number of benzene rings is 1. The van der Waals surface area contributed by atoms with Gasteiger partial charge in [-0.05, 0) is 17.7 Å². The Morgan fingerprint density at radius 1 is 1.35 bits per heavy atom. The van der Waals surface area contributed by atoms with Crippen LogP contribution in [0.4, 0.5) is 0 Å². The van der Waals surface area contributed by atoms with E-state index in [0.717, 1.165) is 5.56 Å². The molecular weight excluding hydrogens is 342 g/mol. The minimum atomic E-state index is -3.44. The second-order valence-corrected chi connectivity index (χ2v) is 6.71. The number of halogens is 1. The van der Waals surface area contributed by atoms with E-state index in [1.807, 2.05) is 0 Å². The molecule has 0 spiro atoms. The lowest BCUT2D eigenvalue weighted by atomic mass is 10.2. The van der Waals surface area contributed by atoms with E-state index < -0.39 is 10.0 Å². The van der Waals surface area contributed by atoms with Crippen LogP contribution in [0.15, 0.2) is 29.2 Å². The predicted octanol–water partition coefficient (Wildman–Crippen LogP) is 0.0112. The number of ether oxygens (including phenoxy) is 1. The topological polar surface area (TPSA) is 96.5 Å². The van der Waals surface area contributed by atoms with Crippen LogP contribution in [0.25, 0.3) is 0 Å². The van der Waals surface area contributed by atoms with Gasteiger partial charge in [0.15, 0.2) is 0 Å². The summed E-state index contributed by atoms with van der Waals surface area (Å²) in [5.41, 5.74) is 0.834. The van der Waals surface area contributed by atoms with Crippen LogP contribution in [0.5, 0.6) is 0 Å². The van der Waals surface area contributed by atoms with Gasteiger partial charge in [0.05, 0.1) is 18.1 Å². The van der Waals surface area contributed by atoms with Crippen LogP contribution in [0.2, 0.25) is 0 Å². The van der Waals surface area contributed by atoms with Gasteiger partial charge in [0.1, 0.15) is 6.04 Å². The highest BCUT2D eigenvalue weighted by Crippen LogP contribution is 2.10. The van der Waals surface area contributed by atoms with Crippen LogP contribution in [-0.4, -0.2) is 46.7 Å². The molecule has 2 rings (SSSR count). The van der Waals surface area contributed by atoms with Crippen LogP contribution >= 0.6 is 12.4 Å². The van der Waals surface area contributed by atoms with Gasteiger partial charge in [-0.15, -0.1) is 12.4 Å². The molecule has 1 aliphatic heterocycles. The number of rotatable bonds is 6. The van der Waals surface area contributed by atoms with Crippen molar-refractivity contribution in [1.82, 2.24) is 15.4 Å². The van der Waals surface area contributed by atoms with Gasteiger partial charge < -0.3 is 15.4 Å². The monoisotopic (exact) mass is 363 g/mol. The van der Waals surface area contributed by atoms with Gasteiger partial charge in [0.25, 0.3) is 0 Å². The van der Waals surface area contributed by atoms with Crippen molar-refractivity contribution >= 4 is 28.3 Å². The second-order valence-electron chi connectivity index (χ2n) is 4.94. The van der Waals surface area contributed by atoms with E-state index in [0.29, 0.717) is 32.8 Å². The van der Waals surface area contributed by atoms with Crippen molar-refractivity contribution in [2.24, 2.45) is 0 Å². The lowest BCUT2D eigenvalue weighted by Crippen LogP contribution is -2.51. The van der Waals surface area contributed by atoms with Gasteiger partial charge in [-0.3, -0.25) is 4.79 Å². The Kier molecular flexibility index (Phi) is 7.93. The summed E-state index contributed by atoms with van der Waals surface area (Å²) in [5.74, 6) is -0.121. The summed E-state index contributed by atoms with van der Waals surface area (Å²) in [7, 11) is -3.44. The molecular formula is C14H22ClN3O4S. The van der Waals surface area contributed by atoms with E-state index in [1.54, 1.807) is 19.1 Å². The molecule has 1 amide bonds. The first-order chi connectivity index (χ1) is 10.5. The summed E-state index contributed by atoms with van der Waals surface area (Å²) < 4.78 is 31.3. The fourth-order valence-corrected chi connectivity index (χ4v) is 3.15. The van der Waals surface area contributed by atoms with Gasteiger partial charge >= 0.3 is 0 Å². The normalized spacial score (nSPS) is 18.0. The molecule has 0 bridgehead atoms. The van der Waals surface area contributed by atoms with Crippen molar-refractivity contribution in [1.29, 1.82) is 0 Å². The summed E-state index contributed by atoms with van der Waals surface area (Å²) in [6.45, 7) is 4.06. The molecule has 1 aromatic rings. The molecule has 1 fully saturated rings. The number of morpholine rings is 1. The average molecular weight is 364 g/mol. The maximum absolute atomic E-state index is 11.9. The first-order valence-corrected chi connectivity index (χ1v) is 8.68. The van der Waals surface area contributed by atoms with Crippen LogP contribution in [0.3, 0.4) is 0 Å². The molecule has 3 N–H and O–H groups in total. The first-order valence-electron chi connectivity index (χ1n) is 7.20. The Balaban J connectivity index is 0.00000264. The number of nitrogens with one attached hydrogen (secondary N) is 3. The van der Waals surface area contributed by atoms with Crippen LogP contribution in [0.1, 0.15) is 12.5 Å². The minimum absolute atomic E-state index is 0. The van der Waals surface area contributed by atoms with Crippen molar-refractivity contribution < 1.29 is 17.9 Å². The van der Waals surface area contributed by atoms with Gasteiger partial charge in [0.2, 0.25) is 15.9 Å². The lowest BCUT2D eigenvalue weighted by Gasteiger charge is -2.22. The van der Waals surface area contributed by atoms with Crippen LogP contribution in [0, 0.1) is 0 Å². The molecule has 1 heterocycles. The zero-order valence-corrected chi connectivity index (χ0v) is 14.5. The number of hydrogen-bond donors (Lipinski definition) is 3. The molecule has 0 aliphatic carbocycles. The predicted molar refractivity (Wildman–Crippen MR) is 89.0 cm³/mol. The number of carbonyl (C=O) groups is 1. The highest BCUT2D eigenvalue weighted by molar-refractivity contribution is 7.89. The number of sulfonamides is 1. The minimum Gasteiger partial charge on any atom is -0.378 e. The lowest BCUT2D eigenvalue weighted by molar-refractivity contribution is -0.126. The van der Waals surface area contributed by atoms with Gasteiger partial charge in [0, 0.05) is 19.6 Å². The summed E-state index contributed by atoms with van der Waals surface area (Å²) in [4.78, 5) is 12.1. The first kappa shape index (κ1) is 19.9. The molecule has 0 aromatic heterocycles. The zero-order valence-electron chi connectivity index (χ0n) is 12.9. The van der Waals surface area contributed by atoms with Gasteiger partial charge in [-0.25, -0.2) is 13.1 Å². The molecule has 0 saturated carbocycles. The Labute approximate surface area is 142 Å². The van der Waals surface area contributed by atoms with Gasteiger partial charge in [-0.2, -0.15) is 0 Å². The third-order valence-electron chi connectivity index (χ3n) is 3.27. The number of carbonyl (C=O) groups excluding carboxylic acids is 1. The van der Waals surface area contributed by atoms with E-state index >= 15 is 0 Å². The van der Waals surface area contributed by atoms with Crippen LogP contribution < -0.4 is 15.4 Å². The smallest absolute Gasteiger partial charge is 0.240 e. The second kappa shape index (κ2) is 9.19. The highest BCUT2D eigenvalue weighted by Gasteiger charge is 2.20. The van der Waals surface area contributed by atoms with Crippen molar-refractivity contribution in [3.63, 3.8) is 0 Å². The molecule has 1 unspecified atom stereocenters. The third kappa shape index (κ3) is 5.74. The highest BCUT2D eigenvalue weighted by atomic mass is 35.5. The number of amides is 1. The van der Waals surface area contributed by atoms with E-state index in [9.17, 15) is 13.2 Å². The van der Waals surface area contributed by atoms with Crippen molar-refractivity contribution in [2.45, 2.75) is 24.4 Å². The molecule has 1 aliphatic rings. The molecule has 9 heteroatoms. The molecule has 7 nitrogen and oxygen atoms in total. The van der Waals surface area contributed by atoms with E-state index in [4.69, 9.17) is 4.74 Å². The van der Waals surface area contributed by atoms with Crippen molar-refractivity contribution in [3.05, 3.63) is 29.8 Å². The molecule has 23 heavy (non-hydrogen) atoms. The molecule has 0 radical (unpaired) electrons. The Hall–Kier alpha value is -1.19. The van der Waals surface area contributed by atoms with E-state index in [2.05, 4.69) is 15.4 Å². The standard InChI is InChI=1S/C14H21N3O4S.ClH/c1-2-17-22(19,20)12-5-3-11(4-6-12)9-16-14(18)13-10-21-8-7-15-13;/h3-6,13,15,17H,2,7-10H2,1H3,(H,16,18);1H. The third-order valence-corrected chi connectivity index (χ3v) is 4.83. The Bertz CT molecular complexity index is 601. The average Bonchev–Trinajstić information content (AvgIpc) is 2.54. The maximum Gasteiger partial charge on any atom is 0.240 e. The fourth-order valence-electron chi connectivity index (χ4n) is 2.11. The quantitative estimate of drug-likeness (QED) is 0.661. The number of hydrogen-bond acceptors (Lipinski definition) is 5. The summed E-state index contributed by atoms with van der Waals surface area (Å²) >= 11 is 0. The zero-order chi connectivity index (χ0) is 16.0. The summed E-state index contributed by atoms with van der Waals surface area (Å²) in [5, 5.41) is 5.88. The summed E-state index contributed by atoms with van der Waals surface area (Å²) in [6, 6.07) is 6.11. The largest absolute Gasteiger partial charge is 0.378 e. The molecule has 1 aromatic carbocycles. The van der Waals surface area contributed by atoms with Crippen molar-refractivity contribution in [2.75, 3.05) is 26.3 Å². The SMILES string of the molecule is CCNS(=O)(=O)c1ccc(CNC(=O)C2COCCN2)cc1.Cl. The molecule has 130 valence electrons.